The Hall–Kier alpha value is -3.62. The van der Waals surface area contributed by atoms with Gasteiger partial charge in [0.25, 0.3) is 5.91 Å². The van der Waals surface area contributed by atoms with Crippen LogP contribution in [0.3, 0.4) is 0 Å². The number of benzene rings is 3. The molecule has 1 aliphatic heterocycles. The molecule has 9 heteroatoms. The van der Waals surface area contributed by atoms with Crippen LogP contribution in [0.25, 0.3) is 0 Å². The van der Waals surface area contributed by atoms with E-state index in [1.165, 1.54) is 0 Å². The van der Waals surface area contributed by atoms with E-state index >= 15 is 0 Å². The standard InChI is InChI=1S/C28H28ClN3O4S/c1-17-24(27(33)31-21-8-6-5-7-9-21)25(19-14-22(34-2)26(36-4)23(15-19)35-3)32-28(30-17)37-16-18-10-12-20(29)13-11-18/h5-15,25H,16H2,1-4H3,(H,30,32)(H,31,33)/t25-/m0/s1. The number of carbonyl (C=O) groups excluding carboxylic acids is 1. The van der Waals surface area contributed by atoms with Crippen molar-refractivity contribution in [2.45, 2.75) is 18.7 Å². The number of nitrogens with one attached hydrogen (secondary N) is 2. The van der Waals surface area contributed by atoms with Gasteiger partial charge in [-0.3, -0.25) is 4.79 Å². The van der Waals surface area contributed by atoms with Crippen molar-refractivity contribution >= 4 is 40.1 Å². The molecular formula is C28H28ClN3O4S. The number of allylic oxidation sites excluding steroid dienone is 1. The summed E-state index contributed by atoms with van der Waals surface area (Å²) in [7, 11) is 4.67. The Morgan fingerprint density at radius 3 is 2.24 bits per heavy atom. The van der Waals surface area contributed by atoms with Gasteiger partial charge in [0.1, 0.15) is 6.04 Å². The maximum atomic E-state index is 13.5. The Balaban J connectivity index is 1.72. The van der Waals surface area contributed by atoms with Crippen molar-refractivity contribution in [3.63, 3.8) is 0 Å². The van der Waals surface area contributed by atoms with Gasteiger partial charge in [0.05, 0.1) is 26.9 Å². The Labute approximate surface area is 225 Å². The van der Waals surface area contributed by atoms with Gasteiger partial charge in [-0.2, -0.15) is 0 Å². The fraction of sp³-hybridized carbons (Fsp3) is 0.214. The van der Waals surface area contributed by atoms with Crippen LogP contribution >= 0.6 is 23.4 Å². The average Bonchev–Trinajstić information content (AvgIpc) is 2.91. The molecule has 1 amide bonds. The van der Waals surface area contributed by atoms with Gasteiger partial charge in [-0.1, -0.05) is 53.7 Å². The molecule has 0 spiro atoms. The van der Waals surface area contributed by atoms with Crippen molar-refractivity contribution in [3.8, 4) is 17.2 Å². The second kappa shape index (κ2) is 12.1. The van der Waals surface area contributed by atoms with Crippen molar-refractivity contribution in [3.05, 3.63) is 94.1 Å². The van der Waals surface area contributed by atoms with Crippen molar-refractivity contribution in [1.82, 2.24) is 5.32 Å². The molecule has 0 aromatic heterocycles. The first-order valence-electron chi connectivity index (χ1n) is 11.5. The largest absolute Gasteiger partial charge is 0.493 e. The van der Waals surface area contributed by atoms with E-state index in [4.69, 9.17) is 30.8 Å². The summed E-state index contributed by atoms with van der Waals surface area (Å²) >= 11 is 7.57. The lowest BCUT2D eigenvalue weighted by Gasteiger charge is -2.27. The molecule has 1 atom stereocenters. The number of para-hydroxylation sites is 1. The molecule has 0 saturated carbocycles. The third-order valence-corrected chi connectivity index (χ3v) is 7.00. The van der Waals surface area contributed by atoms with E-state index in [1.54, 1.807) is 33.1 Å². The van der Waals surface area contributed by atoms with Crippen LogP contribution in [0.5, 0.6) is 17.2 Å². The van der Waals surface area contributed by atoms with Gasteiger partial charge < -0.3 is 24.8 Å². The molecule has 0 bridgehead atoms. The zero-order chi connectivity index (χ0) is 26.4. The molecule has 0 unspecified atom stereocenters. The predicted molar refractivity (Wildman–Crippen MR) is 150 cm³/mol. The van der Waals surface area contributed by atoms with Crippen LogP contribution in [0.2, 0.25) is 5.02 Å². The quantitative estimate of drug-likeness (QED) is 0.355. The van der Waals surface area contributed by atoms with Crippen molar-refractivity contribution in [2.75, 3.05) is 26.6 Å². The minimum atomic E-state index is -0.605. The summed E-state index contributed by atoms with van der Waals surface area (Å²) in [6.45, 7) is 1.88. The fourth-order valence-corrected chi connectivity index (χ4v) is 4.99. The Morgan fingerprint density at radius 2 is 1.65 bits per heavy atom. The molecule has 0 saturated heterocycles. The van der Waals surface area contributed by atoms with E-state index < -0.39 is 6.04 Å². The Kier molecular flexibility index (Phi) is 8.63. The van der Waals surface area contributed by atoms with E-state index in [2.05, 4.69) is 10.6 Å². The Bertz CT molecular complexity index is 1300. The number of methoxy groups -OCH3 is 3. The van der Waals surface area contributed by atoms with E-state index in [0.29, 0.717) is 50.1 Å². The maximum Gasteiger partial charge on any atom is 0.255 e. The van der Waals surface area contributed by atoms with Gasteiger partial charge in [0, 0.05) is 22.2 Å². The van der Waals surface area contributed by atoms with Gasteiger partial charge >= 0.3 is 0 Å². The lowest BCUT2D eigenvalue weighted by molar-refractivity contribution is -0.113. The number of anilines is 1. The minimum absolute atomic E-state index is 0.250. The number of carbonyl (C=O) groups is 1. The third-order valence-electron chi connectivity index (χ3n) is 5.79. The highest BCUT2D eigenvalue weighted by Crippen LogP contribution is 2.43. The van der Waals surface area contributed by atoms with Gasteiger partial charge in [-0.25, -0.2) is 4.99 Å². The second-order valence-electron chi connectivity index (χ2n) is 8.19. The molecule has 7 nitrogen and oxygen atoms in total. The predicted octanol–water partition coefficient (Wildman–Crippen LogP) is 6.21. The number of nitrogens with zero attached hydrogens (tertiary/aromatic N) is 1. The number of aliphatic imine (C=N–C) groups is 1. The lowest BCUT2D eigenvalue weighted by atomic mass is 9.95. The van der Waals surface area contributed by atoms with Crippen molar-refractivity contribution in [1.29, 1.82) is 0 Å². The summed E-state index contributed by atoms with van der Waals surface area (Å²) in [5, 5.41) is 7.69. The molecule has 2 N–H and O–H groups in total. The zero-order valence-electron chi connectivity index (χ0n) is 21.0. The molecule has 3 aromatic rings. The van der Waals surface area contributed by atoms with Gasteiger partial charge in [-0.05, 0) is 54.4 Å². The van der Waals surface area contributed by atoms with Crippen molar-refractivity contribution in [2.24, 2.45) is 4.99 Å². The molecule has 0 radical (unpaired) electrons. The topological polar surface area (TPSA) is 81.2 Å². The zero-order valence-corrected chi connectivity index (χ0v) is 22.6. The normalized spacial score (nSPS) is 14.9. The van der Waals surface area contributed by atoms with Gasteiger partial charge in [-0.15, -0.1) is 0 Å². The SMILES string of the molecule is COc1cc([C@@H]2N=C(SCc3ccc(Cl)cc3)NC(C)=C2C(=O)Nc2ccccc2)cc(OC)c1OC. The molecule has 3 aromatic carbocycles. The molecule has 192 valence electrons. The highest BCUT2D eigenvalue weighted by atomic mass is 35.5. The number of amides is 1. The highest BCUT2D eigenvalue weighted by Gasteiger charge is 2.31. The molecular weight excluding hydrogens is 510 g/mol. The fourth-order valence-electron chi connectivity index (χ4n) is 3.97. The van der Waals surface area contributed by atoms with Crippen LogP contribution in [0.1, 0.15) is 24.1 Å². The van der Waals surface area contributed by atoms with E-state index in [1.807, 2.05) is 73.7 Å². The van der Waals surface area contributed by atoms with Gasteiger partial charge in [0.2, 0.25) is 5.75 Å². The summed E-state index contributed by atoms with van der Waals surface area (Å²) in [4.78, 5) is 18.5. The first-order valence-corrected chi connectivity index (χ1v) is 12.9. The number of amidine groups is 1. The molecule has 4 rings (SSSR count). The van der Waals surface area contributed by atoms with E-state index in [9.17, 15) is 4.79 Å². The Morgan fingerprint density at radius 1 is 1.00 bits per heavy atom. The number of hydrogen-bond donors (Lipinski definition) is 2. The summed E-state index contributed by atoms with van der Waals surface area (Å²) in [5.41, 5.74) is 3.74. The molecule has 0 fully saturated rings. The maximum absolute atomic E-state index is 13.5. The molecule has 1 aliphatic rings. The van der Waals surface area contributed by atoms with Crippen LogP contribution in [0, 0.1) is 0 Å². The van der Waals surface area contributed by atoms with Gasteiger partial charge in [0.15, 0.2) is 16.7 Å². The molecule has 37 heavy (non-hydrogen) atoms. The second-order valence-corrected chi connectivity index (χ2v) is 9.59. The first-order chi connectivity index (χ1) is 17.9. The summed E-state index contributed by atoms with van der Waals surface area (Å²) in [5.74, 6) is 1.88. The van der Waals surface area contributed by atoms with Crippen LogP contribution < -0.4 is 24.8 Å². The average molecular weight is 538 g/mol. The number of rotatable bonds is 8. The first kappa shape index (κ1) is 26.4. The van der Waals surface area contributed by atoms with Crippen LogP contribution in [0.15, 0.2) is 83.0 Å². The molecule has 1 heterocycles. The monoisotopic (exact) mass is 537 g/mol. The number of hydrogen-bond acceptors (Lipinski definition) is 7. The summed E-state index contributed by atoms with van der Waals surface area (Å²) in [6, 6.07) is 20.1. The van der Waals surface area contributed by atoms with E-state index in [0.717, 1.165) is 11.1 Å². The summed E-state index contributed by atoms with van der Waals surface area (Å²) in [6.07, 6.45) is 0. The lowest BCUT2D eigenvalue weighted by Crippen LogP contribution is -2.32. The summed E-state index contributed by atoms with van der Waals surface area (Å²) < 4.78 is 16.6. The van der Waals surface area contributed by atoms with Crippen LogP contribution in [0.4, 0.5) is 5.69 Å². The van der Waals surface area contributed by atoms with Crippen molar-refractivity contribution < 1.29 is 19.0 Å². The number of ether oxygens (including phenoxy) is 3. The van der Waals surface area contributed by atoms with Crippen LogP contribution in [-0.4, -0.2) is 32.4 Å². The molecule has 0 aliphatic carbocycles. The smallest absolute Gasteiger partial charge is 0.255 e. The minimum Gasteiger partial charge on any atom is -0.493 e. The number of thioether (sulfide) groups is 1. The van der Waals surface area contributed by atoms with E-state index in [-0.39, 0.29) is 5.91 Å². The van der Waals surface area contributed by atoms with Crippen LogP contribution in [-0.2, 0) is 10.5 Å². The third kappa shape index (κ3) is 6.21. The number of halogens is 1. The highest BCUT2D eigenvalue weighted by molar-refractivity contribution is 8.13.